The first kappa shape index (κ1) is 14.3. The van der Waals surface area contributed by atoms with Gasteiger partial charge in [0.05, 0.1) is 0 Å². The molecule has 5 nitrogen and oxygen atoms in total. The van der Waals surface area contributed by atoms with Crippen molar-refractivity contribution in [2.45, 2.75) is 37.6 Å². The molecule has 0 saturated carbocycles. The summed E-state index contributed by atoms with van der Waals surface area (Å²) in [6.45, 7) is 3.15. The predicted molar refractivity (Wildman–Crippen MR) is 67.1 cm³/mol. The van der Waals surface area contributed by atoms with Crippen LogP contribution in [-0.4, -0.2) is 48.4 Å². The van der Waals surface area contributed by atoms with Gasteiger partial charge in [-0.3, -0.25) is 10.1 Å². The van der Waals surface area contributed by atoms with Gasteiger partial charge < -0.3 is 10.2 Å². The number of rotatable bonds is 3. The fraction of sp³-hybridized carbons (Fsp3) is 0.818. The number of likely N-dealkylation sites (N-methyl/N-ethyl adjacent to an activating group) is 1. The second-order valence-corrected chi connectivity index (χ2v) is 5.10. The average molecular weight is 262 g/mol. The van der Waals surface area contributed by atoms with E-state index in [4.69, 9.17) is 11.6 Å². The van der Waals surface area contributed by atoms with Gasteiger partial charge in [0.15, 0.2) is 0 Å². The van der Waals surface area contributed by atoms with Crippen LogP contribution in [0.15, 0.2) is 0 Å². The lowest BCUT2D eigenvalue weighted by Crippen LogP contribution is -2.49. The Balaban J connectivity index is 2.25. The van der Waals surface area contributed by atoms with Crippen LogP contribution >= 0.6 is 11.6 Å². The molecule has 1 heterocycles. The van der Waals surface area contributed by atoms with Gasteiger partial charge in [-0.05, 0) is 33.4 Å². The molecule has 0 aliphatic carbocycles. The number of hydrogen-bond acceptors (Lipinski definition) is 3. The monoisotopic (exact) mass is 261 g/mol. The zero-order valence-corrected chi connectivity index (χ0v) is 11.1. The van der Waals surface area contributed by atoms with Gasteiger partial charge in [0.2, 0.25) is 5.91 Å². The number of halogens is 1. The molecule has 1 saturated heterocycles. The fourth-order valence-corrected chi connectivity index (χ4v) is 1.92. The summed E-state index contributed by atoms with van der Waals surface area (Å²) >= 11 is 5.54. The lowest BCUT2D eigenvalue weighted by atomic mass is 10.0. The van der Waals surface area contributed by atoms with Crippen molar-refractivity contribution in [1.82, 2.24) is 15.5 Å². The first-order chi connectivity index (χ1) is 8.00. The third-order valence-corrected chi connectivity index (χ3v) is 3.22. The number of piperidine rings is 1. The maximum absolute atomic E-state index is 11.4. The van der Waals surface area contributed by atoms with Gasteiger partial charge in [-0.15, -0.1) is 11.6 Å². The molecular formula is C11H20ClN3O2. The standard InChI is InChI=1S/C11H20ClN3O2/c1-8(12)10(16)14-11(17)13-7-9-5-3-4-6-15(9)2/h8-9H,3-7H2,1-2H3,(H2,13,14,16,17). The van der Waals surface area contributed by atoms with Gasteiger partial charge >= 0.3 is 6.03 Å². The summed E-state index contributed by atoms with van der Waals surface area (Å²) in [5.74, 6) is -0.471. The summed E-state index contributed by atoms with van der Waals surface area (Å²) in [4.78, 5) is 24.8. The van der Waals surface area contributed by atoms with Gasteiger partial charge in [0.25, 0.3) is 0 Å². The van der Waals surface area contributed by atoms with E-state index < -0.39 is 17.3 Å². The lowest BCUT2D eigenvalue weighted by molar-refractivity contribution is -0.119. The Kier molecular flexibility index (Phi) is 5.71. The molecule has 1 rings (SSSR count). The number of alkyl halides is 1. The second kappa shape index (κ2) is 6.81. The van der Waals surface area contributed by atoms with Gasteiger partial charge in [-0.25, -0.2) is 4.79 Å². The molecule has 17 heavy (non-hydrogen) atoms. The zero-order chi connectivity index (χ0) is 12.8. The van der Waals surface area contributed by atoms with Crippen LogP contribution in [-0.2, 0) is 4.79 Å². The highest BCUT2D eigenvalue weighted by atomic mass is 35.5. The normalized spacial score (nSPS) is 22.9. The molecule has 1 fully saturated rings. The number of urea groups is 1. The predicted octanol–water partition coefficient (Wildman–Crippen LogP) is 0.924. The van der Waals surface area contributed by atoms with E-state index in [1.54, 1.807) is 0 Å². The van der Waals surface area contributed by atoms with Crippen molar-refractivity contribution in [3.05, 3.63) is 0 Å². The number of nitrogens with zero attached hydrogens (tertiary/aromatic N) is 1. The van der Waals surface area contributed by atoms with Gasteiger partial charge in [-0.1, -0.05) is 6.42 Å². The van der Waals surface area contributed by atoms with Crippen molar-refractivity contribution in [3.63, 3.8) is 0 Å². The van der Waals surface area contributed by atoms with Crippen LogP contribution in [0.4, 0.5) is 4.79 Å². The number of amides is 3. The molecule has 0 aromatic heterocycles. The molecule has 0 aromatic rings. The molecule has 3 amide bonds. The second-order valence-electron chi connectivity index (χ2n) is 4.45. The first-order valence-corrected chi connectivity index (χ1v) is 6.37. The van der Waals surface area contributed by atoms with Crippen LogP contribution in [0.5, 0.6) is 0 Å². The smallest absolute Gasteiger partial charge is 0.321 e. The molecule has 2 unspecified atom stereocenters. The minimum Gasteiger partial charge on any atom is -0.336 e. The minimum absolute atomic E-state index is 0.359. The highest BCUT2D eigenvalue weighted by Gasteiger charge is 2.20. The van der Waals surface area contributed by atoms with Crippen LogP contribution in [0.25, 0.3) is 0 Å². The molecule has 2 N–H and O–H groups in total. The SMILES string of the molecule is CC(Cl)C(=O)NC(=O)NCC1CCCCN1C. The van der Waals surface area contributed by atoms with E-state index in [1.165, 1.54) is 19.8 Å². The highest BCUT2D eigenvalue weighted by molar-refractivity contribution is 6.31. The Morgan fingerprint density at radius 1 is 1.47 bits per heavy atom. The quantitative estimate of drug-likeness (QED) is 0.743. The Bertz CT molecular complexity index is 284. The largest absolute Gasteiger partial charge is 0.336 e. The fourth-order valence-electron chi connectivity index (χ4n) is 1.87. The van der Waals surface area contributed by atoms with Crippen LogP contribution < -0.4 is 10.6 Å². The van der Waals surface area contributed by atoms with Crippen molar-refractivity contribution in [2.24, 2.45) is 0 Å². The topological polar surface area (TPSA) is 61.4 Å². The van der Waals surface area contributed by atoms with Crippen LogP contribution in [0.2, 0.25) is 0 Å². The van der Waals surface area contributed by atoms with Crippen molar-refractivity contribution < 1.29 is 9.59 Å². The average Bonchev–Trinajstić information content (AvgIpc) is 2.27. The molecule has 2 atom stereocenters. The molecule has 0 aromatic carbocycles. The van der Waals surface area contributed by atoms with Gasteiger partial charge in [0, 0.05) is 12.6 Å². The number of carbonyl (C=O) groups excluding carboxylic acids is 2. The Labute approximate surface area is 107 Å². The zero-order valence-electron chi connectivity index (χ0n) is 10.3. The van der Waals surface area contributed by atoms with Crippen LogP contribution in [0.3, 0.4) is 0 Å². The van der Waals surface area contributed by atoms with E-state index in [-0.39, 0.29) is 0 Å². The molecule has 1 aliphatic rings. The number of likely N-dealkylation sites (tertiary alicyclic amines) is 1. The van der Waals surface area contributed by atoms with Crippen LogP contribution in [0.1, 0.15) is 26.2 Å². The number of carbonyl (C=O) groups is 2. The summed E-state index contributed by atoms with van der Waals surface area (Å²) in [6.07, 6.45) is 3.48. The number of hydrogen-bond donors (Lipinski definition) is 2. The van der Waals surface area contributed by atoms with Crippen molar-refractivity contribution >= 4 is 23.5 Å². The highest BCUT2D eigenvalue weighted by Crippen LogP contribution is 2.13. The molecular weight excluding hydrogens is 242 g/mol. The number of imide groups is 1. The molecule has 98 valence electrons. The number of nitrogens with one attached hydrogen (secondary N) is 2. The van der Waals surface area contributed by atoms with E-state index >= 15 is 0 Å². The summed E-state index contributed by atoms with van der Waals surface area (Å²) in [7, 11) is 2.05. The Hall–Kier alpha value is -0.810. The van der Waals surface area contributed by atoms with E-state index in [1.807, 2.05) is 0 Å². The Morgan fingerprint density at radius 2 is 2.18 bits per heavy atom. The molecule has 0 radical (unpaired) electrons. The van der Waals surface area contributed by atoms with E-state index in [9.17, 15) is 9.59 Å². The lowest BCUT2D eigenvalue weighted by Gasteiger charge is -2.32. The van der Waals surface area contributed by atoms with E-state index in [2.05, 4.69) is 22.6 Å². The van der Waals surface area contributed by atoms with E-state index in [0.29, 0.717) is 12.6 Å². The maximum Gasteiger partial charge on any atom is 0.321 e. The van der Waals surface area contributed by atoms with Gasteiger partial charge in [-0.2, -0.15) is 0 Å². The maximum atomic E-state index is 11.4. The summed E-state index contributed by atoms with van der Waals surface area (Å²) in [5, 5.41) is 4.20. The van der Waals surface area contributed by atoms with Crippen LogP contribution in [0, 0.1) is 0 Å². The summed E-state index contributed by atoms with van der Waals surface area (Å²) in [5.41, 5.74) is 0. The minimum atomic E-state index is -0.696. The van der Waals surface area contributed by atoms with Gasteiger partial charge in [0.1, 0.15) is 5.38 Å². The molecule has 1 aliphatic heterocycles. The summed E-state index contributed by atoms with van der Waals surface area (Å²) in [6, 6.07) is -0.112. The van der Waals surface area contributed by atoms with Crippen molar-refractivity contribution in [3.8, 4) is 0 Å². The molecule has 0 bridgehead atoms. The Morgan fingerprint density at radius 3 is 2.76 bits per heavy atom. The third-order valence-electron chi connectivity index (χ3n) is 3.02. The van der Waals surface area contributed by atoms with E-state index in [0.717, 1.165) is 13.0 Å². The molecule has 0 spiro atoms. The first-order valence-electron chi connectivity index (χ1n) is 5.93. The van der Waals surface area contributed by atoms with Crippen molar-refractivity contribution in [2.75, 3.05) is 20.1 Å². The molecule has 6 heteroatoms. The third kappa shape index (κ3) is 4.91. The summed E-state index contributed by atoms with van der Waals surface area (Å²) < 4.78 is 0. The van der Waals surface area contributed by atoms with Crippen molar-refractivity contribution in [1.29, 1.82) is 0 Å².